The second-order valence-electron chi connectivity index (χ2n) is 4.67. The number of nitrogens with one attached hydrogen (secondary N) is 1. The smallest absolute Gasteiger partial charge is 0.244 e. The molecule has 2 aromatic heterocycles. The van der Waals surface area contributed by atoms with Crippen LogP contribution in [0.25, 0.3) is 0 Å². The quantitative estimate of drug-likeness (QED) is 0.771. The van der Waals surface area contributed by atoms with Crippen molar-refractivity contribution in [2.45, 2.75) is 31.3 Å². The molecule has 0 aliphatic heterocycles. The molecule has 2 aromatic rings. The van der Waals surface area contributed by atoms with Gasteiger partial charge in [0.1, 0.15) is 4.90 Å². The topological polar surface area (TPSA) is 103 Å². The van der Waals surface area contributed by atoms with E-state index >= 15 is 0 Å². The standard InChI is InChI=1S/C13H19N5O2S/c1-11-4-2-6-15-13(11)9-17-21(19,20)12-8-16-18(10-12)7-3-5-14/h2,4,6,8,10,17H,3,5,7,9,14H2,1H3. The maximum atomic E-state index is 12.2. The molecule has 114 valence electrons. The van der Waals surface area contributed by atoms with Crippen molar-refractivity contribution in [2.75, 3.05) is 6.54 Å². The minimum atomic E-state index is -3.58. The number of hydrogen-bond donors (Lipinski definition) is 2. The molecule has 7 nitrogen and oxygen atoms in total. The van der Waals surface area contributed by atoms with Crippen molar-refractivity contribution < 1.29 is 8.42 Å². The third-order valence-electron chi connectivity index (χ3n) is 3.06. The Labute approximate surface area is 124 Å². The molecule has 0 bridgehead atoms. The minimum Gasteiger partial charge on any atom is -0.330 e. The molecule has 0 spiro atoms. The minimum absolute atomic E-state index is 0.146. The average Bonchev–Trinajstić information content (AvgIpc) is 2.94. The molecule has 0 amide bonds. The average molecular weight is 309 g/mol. The Hall–Kier alpha value is -1.77. The van der Waals surface area contributed by atoms with Gasteiger partial charge < -0.3 is 5.73 Å². The van der Waals surface area contributed by atoms with Crippen LogP contribution in [0.5, 0.6) is 0 Å². The largest absolute Gasteiger partial charge is 0.330 e. The molecule has 0 fully saturated rings. The molecule has 8 heteroatoms. The van der Waals surface area contributed by atoms with E-state index in [1.54, 1.807) is 10.9 Å². The highest BCUT2D eigenvalue weighted by molar-refractivity contribution is 7.89. The van der Waals surface area contributed by atoms with Crippen molar-refractivity contribution in [3.63, 3.8) is 0 Å². The molecular weight excluding hydrogens is 290 g/mol. The van der Waals surface area contributed by atoms with E-state index in [4.69, 9.17) is 5.73 Å². The molecule has 0 unspecified atom stereocenters. The van der Waals surface area contributed by atoms with Gasteiger partial charge in [-0.3, -0.25) is 9.67 Å². The van der Waals surface area contributed by atoms with Gasteiger partial charge in [0.25, 0.3) is 0 Å². The number of aryl methyl sites for hydroxylation is 2. The fraction of sp³-hybridized carbons (Fsp3) is 0.385. The number of aromatic nitrogens is 3. The summed E-state index contributed by atoms with van der Waals surface area (Å²) in [4.78, 5) is 4.31. The van der Waals surface area contributed by atoms with Crippen molar-refractivity contribution in [3.8, 4) is 0 Å². The first kappa shape index (κ1) is 15.6. The van der Waals surface area contributed by atoms with Crippen LogP contribution in [0.2, 0.25) is 0 Å². The highest BCUT2D eigenvalue weighted by Crippen LogP contribution is 2.09. The number of pyridine rings is 1. The van der Waals surface area contributed by atoms with Crippen LogP contribution in [0, 0.1) is 6.92 Å². The highest BCUT2D eigenvalue weighted by Gasteiger charge is 2.16. The van der Waals surface area contributed by atoms with Gasteiger partial charge in [-0.05, 0) is 31.5 Å². The summed E-state index contributed by atoms with van der Waals surface area (Å²) in [5.41, 5.74) is 7.07. The van der Waals surface area contributed by atoms with E-state index in [0.717, 1.165) is 12.0 Å². The summed E-state index contributed by atoms with van der Waals surface area (Å²) >= 11 is 0. The lowest BCUT2D eigenvalue weighted by molar-refractivity contribution is 0.575. The number of sulfonamides is 1. The summed E-state index contributed by atoms with van der Waals surface area (Å²) in [6.07, 6.45) is 5.23. The van der Waals surface area contributed by atoms with Crippen molar-refractivity contribution in [1.82, 2.24) is 19.5 Å². The van der Waals surface area contributed by atoms with Crippen LogP contribution in [0.15, 0.2) is 35.6 Å². The van der Waals surface area contributed by atoms with Gasteiger partial charge in [0.15, 0.2) is 0 Å². The van der Waals surface area contributed by atoms with E-state index < -0.39 is 10.0 Å². The Morgan fingerprint density at radius 3 is 2.95 bits per heavy atom. The third kappa shape index (κ3) is 4.10. The van der Waals surface area contributed by atoms with Gasteiger partial charge in [0.05, 0.1) is 18.4 Å². The summed E-state index contributed by atoms with van der Waals surface area (Å²) < 4.78 is 28.5. The Morgan fingerprint density at radius 1 is 1.43 bits per heavy atom. The molecule has 0 saturated carbocycles. The predicted molar refractivity (Wildman–Crippen MR) is 78.9 cm³/mol. The number of nitrogens with zero attached hydrogens (tertiary/aromatic N) is 3. The van der Waals surface area contributed by atoms with Crippen LogP contribution >= 0.6 is 0 Å². The van der Waals surface area contributed by atoms with Crippen LogP contribution in [-0.4, -0.2) is 29.7 Å². The van der Waals surface area contributed by atoms with Crippen LogP contribution in [0.1, 0.15) is 17.7 Å². The van der Waals surface area contributed by atoms with Gasteiger partial charge in [-0.15, -0.1) is 0 Å². The van der Waals surface area contributed by atoms with Crippen LogP contribution < -0.4 is 10.5 Å². The molecule has 0 aliphatic rings. The highest BCUT2D eigenvalue weighted by atomic mass is 32.2. The molecule has 2 heterocycles. The molecule has 21 heavy (non-hydrogen) atoms. The van der Waals surface area contributed by atoms with Gasteiger partial charge in [0, 0.05) is 18.9 Å². The van der Waals surface area contributed by atoms with Crippen molar-refractivity contribution >= 4 is 10.0 Å². The normalized spacial score (nSPS) is 11.7. The molecule has 2 rings (SSSR count). The Bertz CT molecular complexity index is 696. The molecule has 0 radical (unpaired) electrons. The predicted octanol–water partition coefficient (Wildman–Crippen LogP) is 0.414. The molecule has 0 atom stereocenters. The lowest BCUT2D eigenvalue weighted by Gasteiger charge is -2.06. The van der Waals surface area contributed by atoms with Crippen molar-refractivity contribution in [3.05, 3.63) is 42.0 Å². The Morgan fingerprint density at radius 2 is 2.24 bits per heavy atom. The summed E-state index contributed by atoms with van der Waals surface area (Å²) in [5.74, 6) is 0. The number of hydrogen-bond acceptors (Lipinski definition) is 5. The molecule has 0 saturated heterocycles. The van der Waals surface area contributed by atoms with Crippen LogP contribution in [0.4, 0.5) is 0 Å². The molecule has 0 aliphatic carbocycles. The summed E-state index contributed by atoms with van der Waals surface area (Å²) in [7, 11) is -3.58. The second-order valence-corrected chi connectivity index (χ2v) is 6.44. The zero-order chi connectivity index (χ0) is 15.3. The Balaban J connectivity index is 2.05. The first-order valence-corrected chi connectivity index (χ1v) is 8.14. The van der Waals surface area contributed by atoms with E-state index in [2.05, 4.69) is 14.8 Å². The fourth-order valence-corrected chi connectivity index (χ4v) is 2.75. The second kappa shape index (κ2) is 6.79. The molecular formula is C13H19N5O2S. The maximum Gasteiger partial charge on any atom is 0.244 e. The Kier molecular flexibility index (Phi) is 5.05. The zero-order valence-electron chi connectivity index (χ0n) is 11.9. The van der Waals surface area contributed by atoms with E-state index in [-0.39, 0.29) is 11.4 Å². The van der Waals surface area contributed by atoms with E-state index in [9.17, 15) is 8.42 Å². The monoisotopic (exact) mass is 309 g/mol. The summed E-state index contributed by atoms with van der Waals surface area (Å²) in [6.45, 7) is 3.19. The fourth-order valence-electron chi connectivity index (χ4n) is 1.81. The van der Waals surface area contributed by atoms with Gasteiger partial charge >= 0.3 is 0 Å². The first-order chi connectivity index (χ1) is 10.0. The lowest BCUT2D eigenvalue weighted by Crippen LogP contribution is -2.23. The SMILES string of the molecule is Cc1cccnc1CNS(=O)(=O)c1cnn(CCCN)c1. The zero-order valence-corrected chi connectivity index (χ0v) is 12.7. The van der Waals surface area contributed by atoms with Gasteiger partial charge in [-0.2, -0.15) is 5.10 Å². The number of rotatable bonds is 7. The summed E-state index contributed by atoms with van der Waals surface area (Å²) in [5, 5.41) is 4.02. The van der Waals surface area contributed by atoms with Gasteiger partial charge in [-0.1, -0.05) is 6.07 Å². The maximum absolute atomic E-state index is 12.2. The number of nitrogens with two attached hydrogens (primary N) is 1. The third-order valence-corrected chi connectivity index (χ3v) is 4.41. The van der Waals surface area contributed by atoms with Gasteiger partial charge in [-0.25, -0.2) is 13.1 Å². The summed E-state index contributed by atoms with van der Waals surface area (Å²) in [6, 6.07) is 3.70. The van der Waals surface area contributed by atoms with E-state index in [1.807, 2.05) is 19.1 Å². The van der Waals surface area contributed by atoms with E-state index in [0.29, 0.717) is 18.8 Å². The van der Waals surface area contributed by atoms with Crippen LogP contribution in [-0.2, 0) is 23.1 Å². The van der Waals surface area contributed by atoms with Crippen molar-refractivity contribution in [1.29, 1.82) is 0 Å². The van der Waals surface area contributed by atoms with E-state index in [1.165, 1.54) is 12.4 Å². The first-order valence-electron chi connectivity index (χ1n) is 6.65. The lowest BCUT2D eigenvalue weighted by atomic mass is 10.2. The van der Waals surface area contributed by atoms with Gasteiger partial charge in [0.2, 0.25) is 10.0 Å². The van der Waals surface area contributed by atoms with Crippen molar-refractivity contribution in [2.24, 2.45) is 5.73 Å². The molecule has 0 aromatic carbocycles. The van der Waals surface area contributed by atoms with Crippen LogP contribution in [0.3, 0.4) is 0 Å². The molecule has 3 N–H and O–H groups in total.